The summed E-state index contributed by atoms with van der Waals surface area (Å²) in [4.78, 5) is 11.3. The maximum Gasteiger partial charge on any atom is 0.339 e. The van der Waals surface area contributed by atoms with Crippen LogP contribution in [0.3, 0.4) is 0 Å². The number of rotatable bonds is 4. The molecule has 1 aromatic carbocycles. The molecule has 0 aliphatic rings. The topological polar surface area (TPSA) is 55.1 Å². The Labute approximate surface area is 112 Å². The molecule has 0 saturated carbocycles. The normalized spacial score (nSPS) is 10.7. The standard InChI is InChI=1S/C15H18N2O2/c1-4-7-17-9-13(15(18)19)14(16-17)12-6-5-10(2)11(3)8-12/h5-6,8-9H,4,7H2,1-3H3,(H,18,19). The van der Waals surface area contributed by atoms with E-state index < -0.39 is 5.97 Å². The number of nitrogens with zero attached hydrogens (tertiary/aromatic N) is 2. The molecule has 0 atom stereocenters. The molecule has 100 valence electrons. The van der Waals surface area contributed by atoms with Gasteiger partial charge in [-0.15, -0.1) is 0 Å². The zero-order valence-electron chi connectivity index (χ0n) is 11.5. The van der Waals surface area contributed by atoms with Crippen molar-refractivity contribution in [2.24, 2.45) is 0 Å². The molecule has 0 bridgehead atoms. The molecule has 0 aliphatic heterocycles. The highest BCUT2D eigenvalue weighted by Crippen LogP contribution is 2.24. The van der Waals surface area contributed by atoms with Gasteiger partial charge >= 0.3 is 5.97 Å². The van der Waals surface area contributed by atoms with Gasteiger partial charge in [0, 0.05) is 18.3 Å². The van der Waals surface area contributed by atoms with E-state index in [1.165, 1.54) is 5.56 Å². The molecule has 4 nitrogen and oxygen atoms in total. The van der Waals surface area contributed by atoms with Crippen molar-refractivity contribution >= 4 is 5.97 Å². The minimum Gasteiger partial charge on any atom is -0.478 e. The van der Waals surface area contributed by atoms with Gasteiger partial charge in [0.05, 0.1) is 0 Å². The largest absolute Gasteiger partial charge is 0.478 e. The van der Waals surface area contributed by atoms with Crippen molar-refractivity contribution in [3.63, 3.8) is 0 Å². The monoisotopic (exact) mass is 258 g/mol. The minimum atomic E-state index is -0.935. The first-order chi connectivity index (χ1) is 9.02. The highest BCUT2D eigenvalue weighted by Gasteiger charge is 2.17. The molecule has 0 unspecified atom stereocenters. The van der Waals surface area contributed by atoms with Crippen LogP contribution in [0.4, 0.5) is 0 Å². The van der Waals surface area contributed by atoms with Gasteiger partial charge in [-0.1, -0.05) is 19.1 Å². The summed E-state index contributed by atoms with van der Waals surface area (Å²) < 4.78 is 1.70. The summed E-state index contributed by atoms with van der Waals surface area (Å²) in [5, 5.41) is 13.7. The van der Waals surface area contributed by atoms with Gasteiger partial charge < -0.3 is 5.11 Å². The molecule has 0 spiro atoms. The molecule has 0 aliphatic carbocycles. The minimum absolute atomic E-state index is 0.261. The molecule has 0 radical (unpaired) electrons. The van der Waals surface area contributed by atoms with E-state index >= 15 is 0 Å². The first-order valence-electron chi connectivity index (χ1n) is 6.41. The number of hydrogen-bond donors (Lipinski definition) is 1. The van der Waals surface area contributed by atoms with Crippen LogP contribution in [0.15, 0.2) is 24.4 Å². The molecular weight excluding hydrogens is 240 g/mol. The van der Waals surface area contributed by atoms with Crippen LogP contribution < -0.4 is 0 Å². The predicted octanol–water partition coefficient (Wildman–Crippen LogP) is 3.28. The first-order valence-corrected chi connectivity index (χ1v) is 6.41. The van der Waals surface area contributed by atoms with Crippen molar-refractivity contribution in [1.29, 1.82) is 0 Å². The average molecular weight is 258 g/mol. The summed E-state index contributed by atoms with van der Waals surface area (Å²) in [7, 11) is 0. The van der Waals surface area contributed by atoms with E-state index in [9.17, 15) is 9.90 Å². The van der Waals surface area contributed by atoms with E-state index in [-0.39, 0.29) is 5.56 Å². The quantitative estimate of drug-likeness (QED) is 0.915. The van der Waals surface area contributed by atoms with Crippen LogP contribution in [0, 0.1) is 13.8 Å². The maximum absolute atomic E-state index is 11.3. The Kier molecular flexibility index (Phi) is 3.69. The highest BCUT2D eigenvalue weighted by atomic mass is 16.4. The number of carbonyl (C=O) groups is 1. The van der Waals surface area contributed by atoms with Gasteiger partial charge in [0.25, 0.3) is 0 Å². The van der Waals surface area contributed by atoms with Gasteiger partial charge in [0.15, 0.2) is 0 Å². The third-order valence-electron chi connectivity index (χ3n) is 3.23. The zero-order chi connectivity index (χ0) is 14.0. The van der Waals surface area contributed by atoms with Crippen molar-refractivity contribution in [1.82, 2.24) is 9.78 Å². The smallest absolute Gasteiger partial charge is 0.339 e. The van der Waals surface area contributed by atoms with Crippen LogP contribution in [-0.2, 0) is 6.54 Å². The molecular formula is C15H18N2O2. The lowest BCUT2D eigenvalue weighted by molar-refractivity contribution is 0.0697. The fourth-order valence-corrected chi connectivity index (χ4v) is 2.02. The van der Waals surface area contributed by atoms with Crippen LogP contribution in [0.25, 0.3) is 11.3 Å². The summed E-state index contributed by atoms with van der Waals surface area (Å²) in [5.41, 5.74) is 3.99. The third kappa shape index (κ3) is 2.67. The molecule has 1 N–H and O–H groups in total. The number of carboxylic acid groups (broad SMARTS) is 1. The zero-order valence-corrected chi connectivity index (χ0v) is 11.5. The van der Waals surface area contributed by atoms with Crippen LogP contribution in [0.2, 0.25) is 0 Å². The molecule has 1 heterocycles. The van der Waals surface area contributed by atoms with Crippen LogP contribution in [0.5, 0.6) is 0 Å². The number of aromatic nitrogens is 2. The van der Waals surface area contributed by atoms with Crippen molar-refractivity contribution < 1.29 is 9.90 Å². The van der Waals surface area contributed by atoms with Gasteiger partial charge in [-0.2, -0.15) is 5.10 Å². The Balaban J connectivity index is 2.53. The van der Waals surface area contributed by atoms with Crippen LogP contribution in [0.1, 0.15) is 34.8 Å². The van der Waals surface area contributed by atoms with Crippen molar-refractivity contribution in [3.8, 4) is 11.3 Å². The molecule has 0 fully saturated rings. The second-order valence-corrected chi connectivity index (χ2v) is 4.76. The van der Waals surface area contributed by atoms with E-state index in [0.717, 1.165) is 24.1 Å². The second kappa shape index (κ2) is 5.26. The summed E-state index contributed by atoms with van der Waals surface area (Å²) in [5.74, 6) is -0.935. The van der Waals surface area contributed by atoms with E-state index in [1.807, 2.05) is 39.0 Å². The van der Waals surface area contributed by atoms with E-state index in [0.29, 0.717) is 5.69 Å². The number of aromatic carboxylic acids is 1. The molecule has 2 aromatic rings. The molecule has 2 rings (SSSR count). The molecule has 4 heteroatoms. The number of benzene rings is 1. The van der Waals surface area contributed by atoms with Gasteiger partial charge in [-0.25, -0.2) is 4.79 Å². The van der Waals surface area contributed by atoms with E-state index in [4.69, 9.17) is 0 Å². The van der Waals surface area contributed by atoms with Crippen LogP contribution >= 0.6 is 0 Å². The SMILES string of the molecule is CCCn1cc(C(=O)O)c(-c2ccc(C)c(C)c2)n1. The van der Waals surface area contributed by atoms with Gasteiger partial charge in [-0.05, 0) is 37.5 Å². The van der Waals surface area contributed by atoms with Crippen molar-refractivity contribution in [3.05, 3.63) is 41.1 Å². The Bertz CT molecular complexity index is 615. The third-order valence-corrected chi connectivity index (χ3v) is 3.23. The Morgan fingerprint density at radius 2 is 2.05 bits per heavy atom. The fraction of sp³-hybridized carbons (Fsp3) is 0.333. The Morgan fingerprint density at radius 3 is 2.63 bits per heavy atom. The number of hydrogen-bond acceptors (Lipinski definition) is 2. The summed E-state index contributed by atoms with van der Waals surface area (Å²) in [6, 6.07) is 5.91. The summed E-state index contributed by atoms with van der Waals surface area (Å²) in [6.07, 6.45) is 2.53. The van der Waals surface area contributed by atoms with E-state index in [2.05, 4.69) is 5.10 Å². The first kappa shape index (κ1) is 13.3. The average Bonchev–Trinajstić information content (AvgIpc) is 2.77. The molecule has 0 saturated heterocycles. The fourth-order valence-electron chi connectivity index (χ4n) is 2.02. The molecule has 19 heavy (non-hydrogen) atoms. The van der Waals surface area contributed by atoms with Gasteiger partial charge in [0.2, 0.25) is 0 Å². The van der Waals surface area contributed by atoms with Gasteiger partial charge in [-0.3, -0.25) is 4.68 Å². The van der Waals surface area contributed by atoms with Gasteiger partial charge in [0.1, 0.15) is 11.3 Å². The second-order valence-electron chi connectivity index (χ2n) is 4.76. The predicted molar refractivity (Wildman–Crippen MR) is 74.4 cm³/mol. The molecule has 1 aromatic heterocycles. The Morgan fingerprint density at radius 1 is 1.32 bits per heavy atom. The Hall–Kier alpha value is -2.10. The lowest BCUT2D eigenvalue weighted by atomic mass is 10.0. The van der Waals surface area contributed by atoms with E-state index in [1.54, 1.807) is 10.9 Å². The molecule has 0 amide bonds. The lowest BCUT2D eigenvalue weighted by Gasteiger charge is -2.04. The van der Waals surface area contributed by atoms with Crippen molar-refractivity contribution in [2.45, 2.75) is 33.7 Å². The number of carboxylic acids is 1. The highest BCUT2D eigenvalue weighted by molar-refractivity contribution is 5.94. The van der Waals surface area contributed by atoms with Crippen molar-refractivity contribution in [2.75, 3.05) is 0 Å². The van der Waals surface area contributed by atoms with Crippen LogP contribution in [-0.4, -0.2) is 20.9 Å². The maximum atomic E-state index is 11.3. The number of aryl methyl sites for hydroxylation is 3. The summed E-state index contributed by atoms with van der Waals surface area (Å²) >= 11 is 0. The summed E-state index contributed by atoms with van der Waals surface area (Å²) in [6.45, 7) is 6.82. The lowest BCUT2D eigenvalue weighted by Crippen LogP contribution is -1.97.